The molecule has 0 radical (unpaired) electrons. The highest BCUT2D eigenvalue weighted by molar-refractivity contribution is 5.94. The van der Waals surface area contributed by atoms with E-state index in [4.69, 9.17) is 0 Å². The van der Waals surface area contributed by atoms with Gasteiger partial charge >= 0.3 is 0 Å². The molecule has 0 atom stereocenters. The Kier molecular flexibility index (Phi) is 3.41. The van der Waals surface area contributed by atoms with E-state index in [1.807, 2.05) is 24.3 Å². The zero-order valence-corrected chi connectivity index (χ0v) is 12.6. The number of nitrogens with zero attached hydrogens (tertiary/aromatic N) is 3. The fraction of sp³-hybridized carbons (Fsp3) is 0.471. The number of hydrogen-bond donors (Lipinski definition) is 1. The number of amides is 1. The molecular formula is C17H20N4O. The molecular weight excluding hydrogens is 276 g/mol. The van der Waals surface area contributed by atoms with Crippen LogP contribution in [0.15, 0.2) is 24.3 Å². The second-order valence-electron chi connectivity index (χ2n) is 6.24. The summed E-state index contributed by atoms with van der Waals surface area (Å²) in [5.41, 5.74) is 1.92. The lowest BCUT2D eigenvalue weighted by atomic mass is 10.2. The maximum atomic E-state index is 11.8. The summed E-state index contributed by atoms with van der Waals surface area (Å²) >= 11 is 0. The van der Waals surface area contributed by atoms with E-state index in [0.717, 1.165) is 48.7 Å². The van der Waals surface area contributed by atoms with Crippen molar-refractivity contribution in [3.63, 3.8) is 0 Å². The molecule has 114 valence electrons. The monoisotopic (exact) mass is 296 g/mol. The summed E-state index contributed by atoms with van der Waals surface area (Å²) in [7, 11) is 0. The van der Waals surface area contributed by atoms with Crippen molar-refractivity contribution >= 4 is 11.6 Å². The summed E-state index contributed by atoms with van der Waals surface area (Å²) in [5.74, 6) is 2.41. The Hall–Kier alpha value is -2.17. The molecule has 1 fully saturated rings. The molecule has 0 bridgehead atoms. The first-order valence-electron chi connectivity index (χ1n) is 8.14. The van der Waals surface area contributed by atoms with Gasteiger partial charge in [0.15, 0.2) is 5.82 Å². The van der Waals surface area contributed by atoms with Crippen molar-refractivity contribution in [3.8, 4) is 11.4 Å². The van der Waals surface area contributed by atoms with Crippen molar-refractivity contribution < 1.29 is 4.79 Å². The average Bonchev–Trinajstić information content (AvgIpc) is 3.34. The van der Waals surface area contributed by atoms with Gasteiger partial charge in [0.25, 0.3) is 0 Å². The lowest BCUT2D eigenvalue weighted by Gasteiger charge is -2.08. The Balaban J connectivity index is 1.55. The third-order valence-electron chi connectivity index (χ3n) is 4.47. The van der Waals surface area contributed by atoms with Crippen LogP contribution < -0.4 is 5.32 Å². The summed E-state index contributed by atoms with van der Waals surface area (Å²) in [6.07, 6.45) is 6.71. The quantitative estimate of drug-likeness (QED) is 0.947. The summed E-state index contributed by atoms with van der Waals surface area (Å²) in [5, 5.41) is 11.7. The second-order valence-corrected chi connectivity index (χ2v) is 6.24. The maximum absolute atomic E-state index is 11.8. The predicted octanol–water partition coefficient (Wildman–Crippen LogP) is 3.02. The number of fused-ring (bicyclic) bond motifs is 1. The largest absolute Gasteiger partial charge is 0.326 e. The lowest BCUT2D eigenvalue weighted by molar-refractivity contribution is -0.117. The SMILES string of the molecule is O=C(Nc1ccc(-c2nnc3n2CCCCC3)cc1)C1CC1. The number of aromatic nitrogens is 3. The lowest BCUT2D eigenvalue weighted by Crippen LogP contribution is -2.13. The maximum Gasteiger partial charge on any atom is 0.227 e. The Bertz CT molecular complexity index is 685. The normalized spacial score (nSPS) is 17.6. The first kappa shape index (κ1) is 13.5. The highest BCUT2D eigenvalue weighted by atomic mass is 16.2. The van der Waals surface area contributed by atoms with Gasteiger partial charge in [0.05, 0.1) is 0 Å². The fourth-order valence-corrected chi connectivity index (χ4v) is 2.99. The van der Waals surface area contributed by atoms with E-state index in [1.165, 1.54) is 19.3 Å². The summed E-state index contributed by atoms with van der Waals surface area (Å²) in [6.45, 7) is 0.998. The molecule has 1 aromatic carbocycles. The van der Waals surface area contributed by atoms with Gasteiger partial charge < -0.3 is 9.88 Å². The Morgan fingerprint density at radius 1 is 1.09 bits per heavy atom. The highest BCUT2D eigenvalue weighted by Gasteiger charge is 2.29. The van der Waals surface area contributed by atoms with Gasteiger partial charge in [-0.25, -0.2) is 0 Å². The van der Waals surface area contributed by atoms with Crippen molar-refractivity contribution in [1.29, 1.82) is 0 Å². The van der Waals surface area contributed by atoms with E-state index in [1.54, 1.807) is 0 Å². The number of rotatable bonds is 3. The first-order valence-corrected chi connectivity index (χ1v) is 8.14. The van der Waals surface area contributed by atoms with Crippen LogP contribution in [-0.2, 0) is 17.8 Å². The number of benzene rings is 1. The standard InChI is InChI=1S/C17H20N4O/c22-17(13-5-6-13)18-14-9-7-12(8-10-14)16-20-19-15-4-2-1-3-11-21(15)16/h7-10,13H,1-6,11H2,(H,18,22). The Labute approximate surface area is 129 Å². The van der Waals surface area contributed by atoms with Crippen molar-refractivity contribution in [3.05, 3.63) is 30.1 Å². The van der Waals surface area contributed by atoms with Gasteiger partial charge in [-0.3, -0.25) is 4.79 Å². The minimum Gasteiger partial charge on any atom is -0.326 e. The number of carbonyl (C=O) groups excluding carboxylic acids is 1. The van der Waals surface area contributed by atoms with E-state index in [-0.39, 0.29) is 11.8 Å². The van der Waals surface area contributed by atoms with Crippen molar-refractivity contribution in [1.82, 2.24) is 14.8 Å². The zero-order valence-electron chi connectivity index (χ0n) is 12.6. The van der Waals surface area contributed by atoms with Gasteiger partial charge in [0.2, 0.25) is 5.91 Å². The number of anilines is 1. The average molecular weight is 296 g/mol. The molecule has 2 heterocycles. The van der Waals surface area contributed by atoms with Crippen LogP contribution in [0.4, 0.5) is 5.69 Å². The van der Waals surface area contributed by atoms with Crippen LogP contribution in [0, 0.1) is 5.92 Å². The molecule has 1 aromatic heterocycles. The first-order chi connectivity index (χ1) is 10.8. The molecule has 0 spiro atoms. The summed E-state index contributed by atoms with van der Waals surface area (Å²) in [6, 6.07) is 7.94. The van der Waals surface area contributed by atoms with Crippen molar-refractivity contribution in [2.75, 3.05) is 5.32 Å². The van der Waals surface area contributed by atoms with Gasteiger partial charge in [0.1, 0.15) is 5.82 Å². The van der Waals surface area contributed by atoms with Crippen LogP contribution in [0.3, 0.4) is 0 Å². The molecule has 2 aromatic rings. The van der Waals surface area contributed by atoms with Gasteiger partial charge in [-0.2, -0.15) is 0 Å². The summed E-state index contributed by atoms with van der Waals surface area (Å²) in [4.78, 5) is 11.8. The number of nitrogens with one attached hydrogen (secondary N) is 1. The van der Waals surface area contributed by atoms with Gasteiger partial charge in [-0.1, -0.05) is 6.42 Å². The second kappa shape index (κ2) is 5.55. The molecule has 1 aliphatic heterocycles. The van der Waals surface area contributed by atoms with Crippen LogP contribution in [0.1, 0.15) is 37.9 Å². The minimum atomic E-state index is 0.143. The molecule has 0 saturated heterocycles. The molecule has 5 heteroatoms. The van der Waals surface area contributed by atoms with E-state index in [0.29, 0.717) is 0 Å². The third kappa shape index (κ3) is 2.63. The molecule has 2 aliphatic rings. The Morgan fingerprint density at radius 3 is 2.68 bits per heavy atom. The van der Waals surface area contributed by atoms with Gasteiger partial charge in [0, 0.05) is 30.1 Å². The van der Waals surface area contributed by atoms with Gasteiger partial charge in [-0.15, -0.1) is 10.2 Å². The highest BCUT2D eigenvalue weighted by Crippen LogP contribution is 2.30. The fourth-order valence-electron chi connectivity index (χ4n) is 2.99. The smallest absolute Gasteiger partial charge is 0.227 e. The number of carbonyl (C=O) groups is 1. The molecule has 22 heavy (non-hydrogen) atoms. The van der Waals surface area contributed by atoms with Gasteiger partial charge in [-0.05, 0) is 49.9 Å². The third-order valence-corrected chi connectivity index (χ3v) is 4.47. The molecule has 4 rings (SSSR count). The van der Waals surface area contributed by atoms with E-state index in [2.05, 4.69) is 20.1 Å². The molecule has 1 amide bonds. The zero-order chi connectivity index (χ0) is 14.9. The predicted molar refractivity (Wildman–Crippen MR) is 84.4 cm³/mol. The number of hydrogen-bond acceptors (Lipinski definition) is 3. The Morgan fingerprint density at radius 2 is 1.91 bits per heavy atom. The van der Waals surface area contributed by atoms with Crippen LogP contribution in [-0.4, -0.2) is 20.7 Å². The van der Waals surface area contributed by atoms with E-state index < -0.39 is 0 Å². The van der Waals surface area contributed by atoms with Crippen LogP contribution >= 0.6 is 0 Å². The van der Waals surface area contributed by atoms with Crippen LogP contribution in [0.25, 0.3) is 11.4 Å². The summed E-state index contributed by atoms with van der Waals surface area (Å²) < 4.78 is 2.24. The topological polar surface area (TPSA) is 59.8 Å². The minimum absolute atomic E-state index is 0.143. The van der Waals surface area contributed by atoms with E-state index in [9.17, 15) is 4.79 Å². The molecule has 1 saturated carbocycles. The molecule has 5 nitrogen and oxygen atoms in total. The number of aryl methyl sites for hydroxylation is 1. The van der Waals surface area contributed by atoms with E-state index >= 15 is 0 Å². The molecule has 1 N–H and O–H groups in total. The van der Waals surface area contributed by atoms with Crippen LogP contribution in [0.2, 0.25) is 0 Å². The molecule has 1 aliphatic carbocycles. The van der Waals surface area contributed by atoms with Crippen molar-refractivity contribution in [2.45, 2.75) is 45.1 Å². The van der Waals surface area contributed by atoms with Crippen LogP contribution in [0.5, 0.6) is 0 Å². The molecule has 0 unspecified atom stereocenters. The van der Waals surface area contributed by atoms with Crippen molar-refractivity contribution in [2.24, 2.45) is 5.92 Å².